The van der Waals surface area contributed by atoms with Crippen molar-refractivity contribution < 1.29 is 9.42 Å². The Balaban J connectivity index is 2.21. The smallest absolute Gasteiger partial charge is 0.281 e. The normalized spacial score (nSPS) is 10.1. The van der Waals surface area contributed by atoms with Gasteiger partial charge in [0.2, 0.25) is 11.5 Å². The molecule has 0 spiro atoms. The van der Waals surface area contributed by atoms with Crippen LogP contribution >= 0.6 is 22.6 Å². The zero-order valence-electron chi connectivity index (χ0n) is 7.98. The van der Waals surface area contributed by atoms with E-state index in [1.54, 1.807) is 6.07 Å². The van der Waals surface area contributed by atoms with Crippen LogP contribution in [0.2, 0.25) is 0 Å². The molecule has 1 heterocycles. The monoisotopic (exact) mass is 330 g/mol. The SMILES string of the molecule is Nc1nonc1C(=O)Nc1ccccc1I. The molecule has 2 rings (SSSR count). The fourth-order valence-corrected chi connectivity index (χ4v) is 1.62. The fraction of sp³-hybridized carbons (Fsp3) is 0. The molecule has 0 fully saturated rings. The van der Waals surface area contributed by atoms with E-state index < -0.39 is 5.91 Å². The number of amides is 1. The van der Waals surface area contributed by atoms with Crippen LogP contribution in [0, 0.1) is 3.57 Å². The van der Waals surface area contributed by atoms with Gasteiger partial charge in [-0.1, -0.05) is 12.1 Å². The van der Waals surface area contributed by atoms with Gasteiger partial charge in [0, 0.05) is 3.57 Å². The van der Waals surface area contributed by atoms with Gasteiger partial charge in [0.1, 0.15) is 0 Å². The predicted molar refractivity (Wildman–Crippen MR) is 65.8 cm³/mol. The number of benzene rings is 1. The highest BCUT2D eigenvalue weighted by atomic mass is 127. The highest BCUT2D eigenvalue weighted by Gasteiger charge is 2.16. The minimum absolute atomic E-state index is 0.0142. The Morgan fingerprint density at radius 3 is 2.75 bits per heavy atom. The van der Waals surface area contributed by atoms with Gasteiger partial charge in [-0.3, -0.25) is 4.79 Å². The highest BCUT2D eigenvalue weighted by molar-refractivity contribution is 14.1. The van der Waals surface area contributed by atoms with Gasteiger partial charge >= 0.3 is 0 Å². The van der Waals surface area contributed by atoms with Crippen molar-refractivity contribution in [2.45, 2.75) is 0 Å². The maximum absolute atomic E-state index is 11.7. The lowest BCUT2D eigenvalue weighted by atomic mass is 10.3. The van der Waals surface area contributed by atoms with Crippen LogP contribution in [-0.4, -0.2) is 16.2 Å². The molecule has 0 atom stereocenters. The molecule has 0 bridgehead atoms. The molecule has 3 N–H and O–H groups in total. The van der Waals surface area contributed by atoms with E-state index in [0.29, 0.717) is 5.69 Å². The Labute approximate surface area is 104 Å². The van der Waals surface area contributed by atoms with Crippen LogP contribution in [0.15, 0.2) is 28.9 Å². The molecule has 0 aliphatic rings. The molecule has 2 aromatic rings. The highest BCUT2D eigenvalue weighted by Crippen LogP contribution is 2.18. The molecular weight excluding hydrogens is 323 g/mol. The third-order valence-electron chi connectivity index (χ3n) is 1.85. The molecule has 0 radical (unpaired) electrons. The number of carbonyl (C=O) groups is 1. The summed E-state index contributed by atoms with van der Waals surface area (Å²) < 4.78 is 5.27. The Morgan fingerprint density at radius 1 is 1.38 bits per heavy atom. The minimum atomic E-state index is -0.442. The molecule has 7 heteroatoms. The molecule has 0 unspecified atom stereocenters. The average Bonchev–Trinajstić information content (AvgIpc) is 2.68. The number of hydrogen-bond donors (Lipinski definition) is 2. The van der Waals surface area contributed by atoms with Crippen molar-refractivity contribution in [3.63, 3.8) is 0 Å². The molecular formula is C9H7IN4O2. The van der Waals surface area contributed by atoms with Crippen molar-refractivity contribution in [2.24, 2.45) is 0 Å². The molecule has 1 aromatic carbocycles. The Bertz CT molecular complexity index is 526. The summed E-state index contributed by atoms with van der Waals surface area (Å²) >= 11 is 2.11. The summed E-state index contributed by atoms with van der Waals surface area (Å²) in [6.45, 7) is 0. The van der Waals surface area contributed by atoms with Crippen LogP contribution in [0.4, 0.5) is 11.5 Å². The number of para-hydroxylation sites is 1. The van der Waals surface area contributed by atoms with Crippen LogP contribution in [0.3, 0.4) is 0 Å². The third kappa shape index (κ3) is 2.13. The lowest BCUT2D eigenvalue weighted by molar-refractivity contribution is 0.101. The van der Waals surface area contributed by atoms with E-state index in [1.807, 2.05) is 18.2 Å². The van der Waals surface area contributed by atoms with E-state index in [0.717, 1.165) is 3.57 Å². The fourth-order valence-electron chi connectivity index (χ4n) is 1.10. The van der Waals surface area contributed by atoms with Crippen molar-refractivity contribution in [1.29, 1.82) is 0 Å². The summed E-state index contributed by atoms with van der Waals surface area (Å²) in [5.74, 6) is -0.466. The van der Waals surface area contributed by atoms with E-state index in [2.05, 4.69) is 42.9 Å². The van der Waals surface area contributed by atoms with Gasteiger partial charge in [-0.05, 0) is 45.0 Å². The second-order valence-corrected chi connectivity index (χ2v) is 4.09. The van der Waals surface area contributed by atoms with E-state index in [9.17, 15) is 4.79 Å². The number of nitrogens with zero attached hydrogens (tertiary/aromatic N) is 2. The number of rotatable bonds is 2. The third-order valence-corrected chi connectivity index (χ3v) is 2.79. The zero-order chi connectivity index (χ0) is 11.5. The summed E-state index contributed by atoms with van der Waals surface area (Å²) in [5.41, 5.74) is 6.08. The number of nitrogens with one attached hydrogen (secondary N) is 1. The van der Waals surface area contributed by atoms with Gasteiger partial charge in [0.15, 0.2) is 0 Å². The number of nitrogens with two attached hydrogens (primary N) is 1. The number of halogens is 1. The summed E-state index contributed by atoms with van der Waals surface area (Å²) in [5, 5.41) is 9.41. The van der Waals surface area contributed by atoms with Crippen molar-refractivity contribution in [3.05, 3.63) is 33.5 Å². The first-order chi connectivity index (χ1) is 7.68. The number of anilines is 2. The molecule has 16 heavy (non-hydrogen) atoms. The van der Waals surface area contributed by atoms with Gasteiger partial charge in [0.25, 0.3) is 5.91 Å². The molecule has 82 valence electrons. The lowest BCUT2D eigenvalue weighted by Crippen LogP contribution is -2.14. The average molecular weight is 330 g/mol. The van der Waals surface area contributed by atoms with E-state index >= 15 is 0 Å². The van der Waals surface area contributed by atoms with Crippen LogP contribution in [0.1, 0.15) is 10.5 Å². The summed E-state index contributed by atoms with van der Waals surface area (Å²) in [6.07, 6.45) is 0. The maximum Gasteiger partial charge on any atom is 0.281 e. The largest absolute Gasteiger partial charge is 0.379 e. The lowest BCUT2D eigenvalue weighted by Gasteiger charge is -2.04. The summed E-state index contributed by atoms with van der Waals surface area (Å²) in [4.78, 5) is 11.7. The molecule has 0 aliphatic heterocycles. The quantitative estimate of drug-likeness (QED) is 0.814. The Hall–Kier alpha value is -1.64. The molecule has 0 aliphatic carbocycles. The number of nitrogen functional groups attached to an aromatic ring is 1. The standard InChI is InChI=1S/C9H7IN4O2/c10-5-3-1-2-4-6(5)12-9(15)7-8(11)14-16-13-7/h1-4H,(H2,11,14)(H,12,15). The second-order valence-electron chi connectivity index (χ2n) is 2.93. The predicted octanol–water partition coefficient (Wildman–Crippen LogP) is 1.51. The summed E-state index contributed by atoms with van der Waals surface area (Å²) in [7, 11) is 0. The molecule has 0 saturated heterocycles. The first kappa shape index (κ1) is 10.9. The van der Waals surface area contributed by atoms with Crippen molar-refractivity contribution in [1.82, 2.24) is 10.3 Å². The van der Waals surface area contributed by atoms with Gasteiger partial charge in [0.05, 0.1) is 5.69 Å². The Morgan fingerprint density at radius 2 is 2.12 bits per heavy atom. The minimum Gasteiger partial charge on any atom is -0.379 e. The van der Waals surface area contributed by atoms with Gasteiger partial charge < -0.3 is 11.1 Å². The first-order valence-electron chi connectivity index (χ1n) is 4.32. The first-order valence-corrected chi connectivity index (χ1v) is 5.40. The van der Waals surface area contributed by atoms with Gasteiger partial charge in [-0.15, -0.1) is 0 Å². The summed E-state index contributed by atoms with van der Waals surface area (Å²) in [6, 6.07) is 7.36. The number of carbonyl (C=O) groups excluding carboxylic acids is 1. The van der Waals surface area contributed by atoms with E-state index in [4.69, 9.17) is 5.73 Å². The number of hydrogen-bond acceptors (Lipinski definition) is 5. The Kier molecular flexibility index (Phi) is 3.04. The topological polar surface area (TPSA) is 94.0 Å². The van der Waals surface area contributed by atoms with Crippen molar-refractivity contribution in [2.75, 3.05) is 11.1 Å². The van der Waals surface area contributed by atoms with Gasteiger partial charge in [-0.2, -0.15) is 0 Å². The van der Waals surface area contributed by atoms with Crippen LogP contribution in [-0.2, 0) is 0 Å². The van der Waals surface area contributed by atoms with E-state index in [1.165, 1.54) is 0 Å². The number of aromatic nitrogens is 2. The van der Waals surface area contributed by atoms with Crippen molar-refractivity contribution >= 4 is 40.0 Å². The van der Waals surface area contributed by atoms with Gasteiger partial charge in [-0.25, -0.2) is 4.63 Å². The zero-order valence-corrected chi connectivity index (χ0v) is 10.1. The molecule has 1 aromatic heterocycles. The molecule has 1 amide bonds. The van der Waals surface area contributed by atoms with E-state index in [-0.39, 0.29) is 11.5 Å². The molecule has 0 saturated carbocycles. The van der Waals surface area contributed by atoms with Crippen LogP contribution < -0.4 is 11.1 Å². The van der Waals surface area contributed by atoms with Crippen molar-refractivity contribution in [3.8, 4) is 0 Å². The van der Waals surface area contributed by atoms with Crippen LogP contribution in [0.25, 0.3) is 0 Å². The maximum atomic E-state index is 11.7. The second kappa shape index (κ2) is 4.47. The van der Waals surface area contributed by atoms with Crippen LogP contribution in [0.5, 0.6) is 0 Å². The molecule has 6 nitrogen and oxygen atoms in total.